The summed E-state index contributed by atoms with van der Waals surface area (Å²) < 4.78 is 2.19. The van der Waals surface area contributed by atoms with E-state index in [0.29, 0.717) is 0 Å². The largest absolute Gasteiger partial charge is 0.269 e. The van der Waals surface area contributed by atoms with Crippen LogP contribution in [-0.2, 0) is 6.54 Å². The zero-order valence-electron chi connectivity index (χ0n) is 7.45. The third-order valence-electron chi connectivity index (χ3n) is 3.47. The van der Waals surface area contributed by atoms with Crippen LogP contribution in [0.3, 0.4) is 0 Å². The lowest BCUT2D eigenvalue weighted by atomic mass is 9.98. The minimum Gasteiger partial charge on any atom is -0.269 e. The van der Waals surface area contributed by atoms with Crippen molar-refractivity contribution in [3.05, 3.63) is 17.5 Å². The van der Waals surface area contributed by atoms with Gasteiger partial charge in [-0.05, 0) is 37.7 Å². The number of hydrogen-bond acceptors (Lipinski definition) is 1. The Morgan fingerprint density at radius 2 is 2.33 bits per heavy atom. The van der Waals surface area contributed by atoms with Gasteiger partial charge in [0.25, 0.3) is 0 Å². The molecule has 0 spiro atoms. The lowest BCUT2D eigenvalue weighted by Gasteiger charge is -2.12. The maximum absolute atomic E-state index is 4.41. The van der Waals surface area contributed by atoms with E-state index in [2.05, 4.69) is 22.9 Å². The summed E-state index contributed by atoms with van der Waals surface area (Å²) >= 11 is 0. The highest BCUT2D eigenvalue weighted by molar-refractivity contribution is 5.35. The predicted octanol–water partition coefficient (Wildman–Crippen LogP) is 2.27. The smallest absolute Gasteiger partial charge is 0.0527 e. The van der Waals surface area contributed by atoms with Crippen LogP contribution in [0.4, 0.5) is 0 Å². The fourth-order valence-electron chi connectivity index (χ4n) is 2.93. The third kappa shape index (κ3) is 0.637. The van der Waals surface area contributed by atoms with Crippen LogP contribution in [0.1, 0.15) is 49.3 Å². The maximum atomic E-state index is 4.41. The first-order valence-electron chi connectivity index (χ1n) is 4.95. The van der Waals surface area contributed by atoms with Gasteiger partial charge in [-0.1, -0.05) is 0 Å². The molecule has 0 unspecified atom stereocenters. The summed E-state index contributed by atoms with van der Waals surface area (Å²) in [4.78, 5) is 0. The molecule has 0 amide bonds. The highest BCUT2D eigenvalue weighted by Crippen LogP contribution is 2.52. The molecule has 2 aliphatic carbocycles. The molecule has 1 aromatic rings. The van der Waals surface area contributed by atoms with Crippen LogP contribution in [0.25, 0.3) is 0 Å². The van der Waals surface area contributed by atoms with E-state index >= 15 is 0 Å². The second-order valence-corrected chi connectivity index (χ2v) is 4.01. The molecule has 0 aliphatic heterocycles. The van der Waals surface area contributed by atoms with Crippen molar-refractivity contribution in [3.8, 4) is 0 Å². The zero-order valence-corrected chi connectivity index (χ0v) is 7.45. The summed E-state index contributed by atoms with van der Waals surface area (Å²) in [5.74, 6) is 1.72. The Hall–Kier alpha value is -0.790. The summed E-state index contributed by atoms with van der Waals surface area (Å²) in [5, 5.41) is 4.41. The number of nitrogens with zero attached hydrogens (tertiary/aromatic N) is 2. The molecule has 2 heteroatoms. The molecule has 0 saturated heterocycles. The molecule has 1 fully saturated rings. The van der Waals surface area contributed by atoms with Crippen molar-refractivity contribution in [2.24, 2.45) is 0 Å². The molecular weight excluding hydrogens is 148 g/mol. The molecule has 1 saturated carbocycles. The Balaban J connectivity index is 2.16. The van der Waals surface area contributed by atoms with Crippen molar-refractivity contribution in [3.63, 3.8) is 0 Å². The van der Waals surface area contributed by atoms with Gasteiger partial charge in [0, 0.05) is 18.2 Å². The van der Waals surface area contributed by atoms with Crippen LogP contribution in [0.5, 0.6) is 0 Å². The second-order valence-electron chi connectivity index (χ2n) is 4.01. The van der Waals surface area contributed by atoms with E-state index in [4.69, 9.17) is 0 Å². The van der Waals surface area contributed by atoms with Crippen molar-refractivity contribution in [1.29, 1.82) is 0 Å². The molecule has 2 aliphatic rings. The van der Waals surface area contributed by atoms with E-state index in [1.165, 1.54) is 19.3 Å². The van der Waals surface area contributed by atoms with Crippen LogP contribution in [0.15, 0.2) is 6.20 Å². The average Bonchev–Trinajstić information content (AvgIpc) is 2.76. The first-order chi connectivity index (χ1) is 5.90. The number of fused-ring (bicyclic) bond motifs is 5. The molecule has 1 heterocycles. The minimum atomic E-state index is 0.854. The lowest BCUT2D eigenvalue weighted by molar-refractivity contribution is 0.574. The number of aromatic nitrogens is 2. The highest BCUT2D eigenvalue weighted by atomic mass is 15.3. The Labute approximate surface area is 72.6 Å². The normalized spacial score (nSPS) is 31.1. The maximum Gasteiger partial charge on any atom is 0.0527 e. The minimum absolute atomic E-state index is 0.854. The van der Waals surface area contributed by atoms with E-state index in [0.717, 1.165) is 18.4 Å². The Morgan fingerprint density at radius 3 is 3.17 bits per heavy atom. The summed E-state index contributed by atoms with van der Waals surface area (Å²) in [5.41, 5.74) is 3.13. The van der Waals surface area contributed by atoms with Gasteiger partial charge in [-0.3, -0.25) is 4.68 Å². The van der Waals surface area contributed by atoms with Gasteiger partial charge in [-0.2, -0.15) is 5.10 Å². The fourth-order valence-corrected chi connectivity index (χ4v) is 2.93. The summed E-state index contributed by atoms with van der Waals surface area (Å²) in [6.07, 6.45) is 6.33. The Kier molecular flexibility index (Phi) is 1.18. The van der Waals surface area contributed by atoms with Crippen LogP contribution < -0.4 is 0 Å². The van der Waals surface area contributed by atoms with Gasteiger partial charge in [0.15, 0.2) is 0 Å². The van der Waals surface area contributed by atoms with Crippen molar-refractivity contribution < 1.29 is 0 Å². The molecule has 64 valence electrons. The van der Waals surface area contributed by atoms with Crippen LogP contribution in [0, 0.1) is 0 Å². The van der Waals surface area contributed by atoms with Crippen molar-refractivity contribution in [2.45, 2.75) is 44.6 Å². The molecule has 12 heavy (non-hydrogen) atoms. The second kappa shape index (κ2) is 2.12. The molecular formula is C10H14N2. The highest BCUT2D eigenvalue weighted by Gasteiger charge is 2.39. The summed E-state index contributed by atoms with van der Waals surface area (Å²) in [7, 11) is 0. The fraction of sp³-hybridized carbons (Fsp3) is 0.700. The van der Waals surface area contributed by atoms with Gasteiger partial charge in [0.1, 0.15) is 0 Å². The molecule has 1 aromatic heterocycles. The van der Waals surface area contributed by atoms with Crippen molar-refractivity contribution in [2.75, 3.05) is 0 Å². The molecule has 2 bridgehead atoms. The molecule has 0 N–H and O–H groups in total. The van der Waals surface area contributed by atoms with Crippen LogP contribution in [0.2, 0.25) is 0 Å². The molecule has 0 aromatic carbocycles. The first-order valence-corrected chi connectivity index (χ1v) is 4.95. The Morgan fingerprint density at radius 1 is 1.50 bits per heavy atom. The molecule has 0 radical (unpaired) electrons. The van der Waals surface area contributed by atoms with Gasteiger partial charge in [0.05, 0.1) is 6.20 Å². The SMILES string of the molecule is CCn1ncc2c1[C@H]1CC[C@H]2C1. The van der Waals surface area contributed by atoms with Gasteiger partial charge < -0.3 is 0 Å². The van der Waals surface area contributed by atoms with Gasteiger partial charge in [-0.15, -0.1) is 0 Å². The van der Waals surface area contributed by atoms with Crippen molar-refractivity contribution in [1.82, 2.24) is 9.78 Å². The summed E-state index contributed by atoms with van der Waals surface area (Å²) in [6.45, 7) is 3.22. The third-order valence-corrected chi connectivity index (χ3v) is 3.47. The molecule has 2 atom stereocenters. The monoisotopic (exact) mass is 162 g/mol. The number of hydrogen-bond donors (Lipinski definition) is 0. The standard InChI is InChI=1S/C10H14N2/c1-2-12-10-8-4-3-7(5-8)9(10)6-11-12/h6-8H,2-5H2,1H3/t7-,8-/m0/s1. The number of aryl methyl sites for hydroxylation is 1. The predicted molar refractivity (Wildman–Crippen MR) is 47.2 cm³/mol. The topological polar surface area (TPSA) is 17.8 Å². The van der Waals surface area contributed by atoms with E-state index < -0.39 is 0 Å². The number of rotatable bonds is 1. The van der Waals surface area contributed by atoms with E-state index in [1.54, 1.807) is 11.3 Å². The lowest BCUT2D eigenvalue weighted by Crippen LogP contribution is -2.05. The van der Waals surface area contributed by atoms with E-state index in [-0.39, 0.29) is 0 Å². The van der Waals surface area contributed by atoms with Gasteiger partial charge in [0.2, 0.25) is 0 Å². The van der Waals surface area contributed by atoms with E-state index in [1.807, 2.05) is 0 Å². The van der Waals surface area contributed by atoms with Gasteiger partial charge >= 0.3 is 0 Å². The Bertz CT molecular complexity index is 314. The van der Waals surface area contributed by atoms with Crippen LogP contribution in [-0.4, -0.2) is 9.78 Å². The van der Waals surface area contributed by atoms with E-state index in [9.17, 15) is 0 Å². The zero-order chi connectivity index (χ0) is 8.13. The molecule has 2 nitrogen and oxygen atoms in total. The quantitative estimate of drug-likeness (QED) is 0.619. The first kappa shape index (κ1) is 6.70. The summed E-state index contributed by atoms with van der Waals surface area (Å²) in [6, 6.07) is 0. The van der Waals surface area contributed by atoms with Crippen LogP contribution >= 0.6 is 0 Å². The average molecular weight is 162 g/mol. The van der Waals surface area contributed by atoms with Gasteiger partial charge in [-0.25, -0.2) is 0 Å². The van der Waals surface area contributed by atoms with Crippen molar-refractivity contribution >= 4 is 0 Å². The molecule has 3 rings (SSSR count).